The van der Waals surface area contributed by atoms with Gasteiger partial charge in [0.15, 0.2) is 0 Å². The predicted molar refractivity (Wildman–Crippen MR) is 111 cm³/mol. The summed E-state index contributed by atoms with van der Waals surface area (Å²) in [6.07, 6.45) is 1.94. The quantitative estimate of drug-likeness (QED) is 0.654. The van der Waals surface area contributed by atoms with Crippen molar-refractivity contribution in [2.24, 2.45) is 0 Å². The van der Waals surface area contributed by atoms with E-state index >= 15 is 0 Å². The van der Waals surface area contributed by atoms with Crippen LogP contribution < -0.4 is 0 Å². The molecule has 0 saturated carbocycles. The zero-order chi connectivity index (χ0) is 20.3. The number of amides is 1. The van der Waals surface area contributed by atoms with Gasteiger partial charge in [-0.05, 0) is 54.2 Å². The van der Waals surface area contributed by atoms with Crippen molar-refractivity contribution in [2.75, 3.05) is 13.7 Å². The molecule has 0 fully saturated rings. The van der Waals surface area contributed by atoms with E-state index in [-0.39, 0.29) is 24.3 Å². The fourth-order valence-corrected chi connectivity index (χ4v) is 4.34. The molecule has 1 aliphatic rings. The summed E-state index contributed by atoms with van der Waals surface area (Å²) in [5.41, 5.74) is 4.18. The number of rotatable bonds is 5. The molecule has 0 bridgehead atoms. The molecule has 1 amide bonds. The predicted octanol–water partition coefficient (Wildman–Crippen LogP) is 4.79. The van der Waals surface area contributed by atoms with Crippen molar-refractivity contribution in [3.8, 4) is 0 Å². The zero-order valence-corrected chi connectivity index (χ0v) is 17.5. The molecule has 1 heterocycles. The van der Waals surface area contributed by atoms with Crippen LogP contribution in [0.4, 0.5) is 0 Å². The largest absolute Gasteiger partial charge is 0.469 e. The highest BCUT2D eigenvalue weighted by Crippen LogP contribution is 2.33. The molecule has 0 N–H and O–H groups in total. The van der Waals surface area contributed by atoms with E-state index in [4.69, 9.17) is 27.9 Å². The molecule has 1 atom stereocenters. The number of nitrogens with zero attached hydrogens (tertiary/aromatic N) is 1. The first kappa shape index (κ1) is 20.7. The summed E-state index contributed by atoms with van der Waals surface area (Å²) >= 11 is 12.5. The Labute approximate surface area is 175 Å². The van der Waals surface area contributed by atoms with E-state index in [1.165, 1.54) is 12.7 Å². The van der Waals surface area contributed by atoms with Gasteiger partial charge in [0.25, 0.3) is 0 Å². The Morgan fingerprint density at radius 1 is 1.14 bits per heavy atom. The number of carbonyl (C=O) groups is 2. The molecule has 28 heavy (non-hydrogen) atoms. The fraction of sp³-hybridized carbons (Fsp3) is 0.364. The lowest BCUT2D eigenvalue weighted by Gasteiger charge is -2.36. The van der Waals surface area contributed by atoms with Gasteiger partial charge in [-0.1, -0.05) is 47.5 Å². The minimum absolute atomic E-state index is 0.00751. The van der Waals surface area contributed by atoms with E-state index in [9.17, 15) is 9.59 Å². The topological polar surface area (TPSA) is 46.6 Å². The van der Waals surface area contributed by atoms with Crippen molar-refractivity contribution in [1.29, 1.82) is 0 Å². The van der Waals surface area contributed by atoms with Crippen molar-refractivity contribution in [3.05, 3.63) is 68.7 Å². The van der Waals surface area contributed by atoms with Gasteiger partial charge in [0.1, 0.15) is 0 Å². The molecule has 148 valence electrons. The molecule has 3 rings (SSSR count). The van der Waals surface area contributed by atoms with Crippen molar-refractivity contribution in [1.82, 2.24) is 4.90 Å². The van der Waals surface area contributed by atoms with Crippen LogP contribution in [0.2, 0.25) is 10.0 Å². The Balaban J connectivity index is 1.78. The number of esters is 1. The number of fused-ring (bicyclic) bond motifs is 1. The average molecular weight is 420 g/mol. The number of aryl methyl sites for hydroxylation is 1. The molecule has 0 aliphatic carbocycles. The molecular formula is C22H23Cl2NO3. The molecule has 0 saturated heterocycles. The van der Waals surface area contributed by atoms with Gasteiger partial charge in [-0.25, -0.2) is 0 Å². The SMILES string of the molecule is COC(=O)CCc1cccc2c1CCN(C(=O)Cc1c(Cl)cccc1Cl)C2C. The maximum atomic E-state index is 13.0. The highest BCUT2D eigenvalue weighted by Gasteiger charge is 2.29. The van der Waals surface area contributed by atoms with Gasteiger partial charge in [-0.2, -0.15) is 0 Å². The Hall–Kier alpha value is -2.04. The van der Waals surface area contributed by atoms with Gasteiger partial charge in [0, 0.05) is 23.0 Å². The van der Waals surface area contributed by atoms with Crippen molar-refractivity contribution in [3.63, 3.8) is 0 Å². The second kappa shape index (κ2) is 8.97. The first-order chi connectivity index (χ1) is 13.4. The lowest BCUT2D eigenvalue weighted by Crippen LogP contribution is -2.40. The summed E-state index contributed by atoms with van der Waals surface area (Å²) in [5, 5.41) is 1.02. The third-order valence-electron chi connectivity index (χ3n) is 5.37. The molecule has 2 aromatic rings. The van der Waals surface area contributed by atoms with Gasteiger partial charge < -0.3 is 9.64 Å². The number of hydrogen-bond donors (Lipinski definition) is 0. The summed E-state index contributed by atoms with van der Waals surface area (Å²) in [5.74, 6) is -0.206. The van der Waals surface area contributed by atoms with Gasteiger partial charge in [0.05, 0.1) is 19.6 Å². The average Bonchev–Trinajstić information content (AvgIpc) is 2.69. The van der Waals surface area contributed by atoms with Crippen LogP contribution in [-0.4, -0.2) is 30.4 Å². The van der Waals surface area contributed by atoms with Gasteiger partial charge in [-0.3, -0.25) is 9.59 Å². The Morgan fingerprint density at radius 3 is 2.50 bits per heavy atom. The number of methoxy groups -OCH3 is 1. The van der Waals surface area contributed by atoms with Crippen LogP contribution in [0.3, 0.4) is 0 Å². The van der Waals surface area contributed by atoms with Crippen LogP contribution in [0.5, 0.6) is 0 Å². The van der Waals surface area contributed by atoms with Crippen LogP contribution >= 0.6 is 23.2 Å². The standard InChI is InChI=1S/C22H23Cl2NO3/c1-14-16-6-3-5-15(9-10-22(27)28-2)17(16)11-12-25(14)21(26)13-18-19(23)7-4-8-20(18)24/h3-8,14H,9-13H2,1-2H3. The molecule has 2 aromatic carbocycles. The van der Waals surface area contributed by atoms with Crippen molar-refractivity contribution < 1.29 is 14.3 Å². The van der Waals surface area contributed by atoms with E-state index in [2.05, 4.69) is 12.1 Å². The van der Waals surface area contributed by atoms with Gasteiger partial charge in [0.2, 0.25) is 5.91 Å². The minimum atomic E-state index is -0.213. The maximum Gasteiger partial charge on any atom is 0.305 e. The highest BCUT2D eigenvalue weighted by atomic mass is 35.5. The molecule has 4 nitrogen and oxygen atoms in total. The summed E-state index contributed by atoms with van der Waals surface area (Å²) < 4.78 is 4.75. The van der Waals surface area contributed by atoms with Gasteiger partial charge >= 0.3 is 5.97 Å². The summed E-state index contributed by atoms with van der Waals surface area (Å²) in [6, 6.07) is 11.3. The molecule has 0 radical (unpaired) electrons. The molecule has 0 aromatic heterocycles. The number of hydrogen-bond acceptors (Lipinski definition) is 3. The smallest absolute Gasteiger partial charge is 0.305 e. The monoisotopic (exact) mass is 419 g/mol. The normalized spacial score (nSPS) is 15.9. The van der Waals surface area contributed by atoms with Crippen LogP contribution in [0, 0.1) is 0 Å². The minimum Gasteiger partial charge on any atom is -0.469 e. The van der Waals surface area contributed by atoms with Crippen LogP contribution in [0.25, 0.3) is 0 Å². The second-order valence-corrected chi connectivity index (χ2v) is 7.77. The molecule has 0 spiro atoms. The number of carbonyl (C=O) groups excluding carboxylic acids is 2. The zero-order valence-electron chi connectivity index (χ0n) is 16.0. The van der Waals surface area contributed by atoms with E-state index in [0.717, 1.165) is 17.5 Å². The molecular weight excluding hydrogens is 397 g/mol. The maximum absolute atomic E-state index is 13.0. The highest BCUT2D eigenvalue weighted by molar-refractivity contribution is 6.36. The number of benzene rings is 2. The molecule has 6 heteroatoms. The number of halogens is 2. The summed E-state index contributed by atoms with van der Waals surface area (Å²) in [6.45, 7) is 2.67. The molecule has 1 aliphatic heterocycles. The lowest BCUT2D eigenvalue weighted by atomic mass is 9.88. The Morgan fingerprint density at radius 2 is 1.82 bits per heavy atom. The van der Waals surface area contributed by atoms with Crippen LogP contribution in [0.15, 0.2) is 36.4 Å². The Kier molecular flexibility index (Phi) is 6.63. The van der Waals surface area contributed by atoms with Gasteiger partial charge in [-0.15, -0.1) is 0 Å². The number of ether oxygens (including phenoxy) is 1. The van der Waals surface area contributed by atoms with E-state index in [1.807, 2.05) is 17.9 Å². The third-order valence-corrected chi connectivity index (χ3v) is 6.07. The van der Waals surface area contributed by atoms with E-state index in [1.54, 1.807) is 18.2 Å². The van der Waals surface area contributed by atoms with Crippen molar-refractivity contribution in [2.45, 2.75) is 38.6 Å². The summed E-state index contributed by atoms with van der Waals surface area (Å²) in [4.78, 5) is 26.4. The Bertz CT molecular complexity index is 877. The second-order valence-electron chi connectivity index (χ2n) is 6.95. The van der Waals surface area contributed by atoms with Crippen LogP contribution in [-0.2, 0) is 33.6 Å². The summed E-state index contributed by atoms with van der Waals surface area (Å²) in [7, 11) is 1.40. The third kappa shape index (κ3) is 4.34. The van der Waals surface area contributed by atoms with Crippen LogP contribution in [0.1, 0.15) is 41.6 Å². The van der Waals surface area contributed by atoms with E-state index in [0.29, 0.717) is 35.0 Å². The fourth-order valence-electron chi connectivity index (χ4n) is 3.81. The lowest BCUT2D eigenvalue weighted by molar-refractivity contribution is -0.140. The molecule has 1 unspecified atom stereocenters. The first-order valence-corrected chi connectivity index (χ1v) is 10.1. The van der Waals surface area contributed by atoms with E-state index < -0.39 is 0 Å². The van der Waals surface area contributed by atoms with Crippen molar-refractivity contribution >= 4 is 35.1 Å². The first-order valence-electron chi connectivity index (χ1n) is 9.32.